The molecule has 130 valence electrons. The zero-order valence-corrected chi connectivity index (χ0v) is 14.4. The molecule has 3 rings (SSSR count). The van der Waals surface area contributed by atoms with Crippen molar-refractivity contribution in [2.24, 2.45) is 0 Å². The normalized spacial score (nSPS) is 11.2. The van der Waals surface area contributed by atoms with Crippen molar-refractivity contribution in [2.45, 2.75) is 40.2 Å². The largest absolute Gasteiger partial charge is 0.481 e. The second kappa shape index (κ2) is 6.51. The van der Waals surface area contributed by atoms with E-state index in [0.29, 0.717) is 17.9 Å². The Kier molecular flexibility index (Phi) is 4.39. The molecule has 0 unspecified atom stereocenters. The molecule has 0 fully saturated rings. The number of aryl methyl sites for hydroxylation is 3. The summed E-state index contributed by atoms with van der Waals surface area (Å²) in [5.74, 6) is -0.476. The number of aliphatic carboxylic acids is 1. The molecule has 3 aromatic rings. The summed E-state index contributed by atoms with van der Waals surface area (Å²) in [7, 11) is 0. The van der Waals surface area contributed by atoms with Crippen molar-refractivity contribution >= 4 is 17.1 Å². The van der Waals surface area contributed by atoms with E-state index < -0.39 is 5.97 Å². The van der Waals surface area contributed by atoms with E-state index in [4.69, 9.17) is 9.63 Å². The van der Waals surface area contributed by atoms with Gasteiger partial charge in [0, 0.05) is 18.5 Å². The minimum absolute atomic E-state index is 0.0672. The van der Waals surface area contributed by atoms with Gasteiger partial charge in [-0.3, -0.25) is 14.2 Å². The zero-order chi connectivity index (χ0) is 18.1. The number of carbonyl (C=O) groups is 1. The van der Waals surface area contributed by atoms with Crippen LogP contribution in [0.5, 0.6) is 0 Å². The zero-order valence-electron chi connectivity index (χ0n) is 14.4. The first-order valence-corrected chi connectivity index (χ1v) is 8.11. The average Bonchev–Trinajstić information content (AvgIpc) is 2.97. The number of rotatable bonds is 5. The molecule has 0 amide bonds. The van der Waals surface area contributed by atoms with Crippen LogP contribution in [0.15, 0.2) is 27.5 Å². The van der Waals surface area contributed by atoms with Crippen molar-refractivity contribution in [1.29, 1.82) is 0 Å². The third kappa shape index (κ3) is 3.05. The maximum absolute atomic E-state index is 13.0. The highest BCUT2D eigenvalue weighted by molar-refractivity contribution is 5.89. The Labute approximate surface area is 143 Å². The van der Waals surface area contributed by atoms with Crippen molar-refractivity contribution in [3.8, 4) is 11.3 Å². The smallest absolute Gasteiger partial charge is 0.305 e. The van der Waals surface area contributed by atoms with Crippen LogP contribution < -0.4 is 5.56 Å². The van der Waals surface area contributed by atoms with Crippen molar-refractivity contribution in [2.75, 3.05) is 0 Å². The number of hydrogen-bond donors (Lipinski definition) is 1. The van der Waals surface area contributed by atoms with Gasteiger partial charge in [0.25, 0.3) is 11.3 Å². The monoisotopic (exact) mass is 341 g/mol. The molecule has 7 nitrogen and oxygen atoms in total. The minimum Gasteiger partial charge on any atom is -0.481 e. The molecular formula is C18H19N3O4. The molecule has 1 N–H and O–H groups in total. The standard InChI is InChI=1S/C18H19N3O4/c1-4-13-19-17-15(18(24)21(13)8-7-14(22)23)16(20-25-17)12-6-5-10(2)9-11(12)3/h5-6,9H,4,7-8H2,1-3H3,(H,22,23). The van der Waals surface area contributed by atoms with Crippen molar-refractivity contribution < 1.29 is 14.4 Å². The average molecular weight is 341 g/mol. The summed E-state index contributed by atoms with van der Waals surface area (Å²) in [4.78, 5) is 28.2. The summed E-state index contributed by atoms with van der Waals surface area (Å²) < 4.78 is 6.71. The second-order valence-corrected chi connectivity index (χ2v) is 6.01. The summed E-state index contributed by atoms with van der Waals surface area (Å²) in [6.07, 6.45) is 0.342. The highest BCUT2D eigenvalue weighted by atomic mass is 16.5. The van der Waals surface area contributed by atoms with Gasteiger partial charge in [0.15, 0.2) is 0 Å². The maximum atomic E-state index is 13.0. The predicted octanol–water partition coefficient (Wildman–Crippen LogP) is 2.71. The van der Waals surface area contributed by atoms with E-state index >= 15 is 0 Å². The van der Waals surface area contributed by atoms with Crippen molar-refractivity contribution in [3.63, 3.8) is 0 Å². The third-order valence-corrected chi connectivity index (χ3v) is 4.18. The molecule has 0 saturated heterocycles. The highest BCUT2D eigenvalue weighted by Gasteiger charge is 2.20. The predicted molar refractivity (Wildman–Crippen MR) is 92.6 cm³/mol. The van der Waals surface area contributed by atoms with Crippen LogP contribution in [0.1, 0.15) is 30.3 Å². The van der Waals surface area contributed by atoms with Crippen molar-refractivity contribution in [1.82, 2.24) is 14.7 Å². The summed E-state index contributed by atoms with van der Waals surface area (Å²) in [5.41, 5.74) is 3.20. The summed E-state index contributed by atoms with van der Waals surface area (Å²) >= 11 is 0. The van der Waals surface area contributed by atoms with Gasteiger partial charge in [-0.1, -0.05) is 35.8 Å². The Morgan fingerprint density at radius 1 is 1.32 bits per heavy atom. The fourth-order valence-electron chi connectivity index (χ4n) is 2.95. The first kappa shape index (κ1) is 16.9. The van der Waals surface area contributed by atoms with Gasteiger partial charge in [-0.15, -0.1) is 0 Å². The summed E-state index contributed by atoms with van der Waals surface area (Å²) in [5, 5.41) is 13.3. The molecular weight excluding hydrogens is 322 g/mol. The first-order valence-electron chi connectivity index (χ1n) is 8.11. The van der Waals surface area contributed by atoms with E-state index in [1.165, 1.54) is 4.57 Å². The highest BCUT2D eigenvalue weighted by Crippen LogP contribution is 2.28. The molecule has 0 aliphatic heterocycles. The van der Waals surface area contributed by atoms with Crippen LogP contribution in [0.25, 0.3) is 22.4 Å². The number of aromatic nitrogens is 3. The Morgan fingerprint density at radius 2 is 2.08 bits per heavy atom. The fourth-order valence-corrected chi connectivity index (χ4v) is 2.95. The number of benzene rings is 1. The lowest BCUT2D eigenvalue weighted by Gasteiger charge is -2.09. The van der Waals surface area contributed by atoms with E-state index in [1.54, 1.807) is 0 Å². The summed E-state index contributed by atoms with van der Waals surface area (Å²) in [6.45, 7) is 5.86. The van der Waals surface area contributed by atoms with Crippen LogP contribution in [0.2, 0.25) is 0 Å². The third-order valence-electron chi connectivity index (χ3n) is 4.18. The number of hydrogen-bond acceptors (Lipinski definition) is 5. The lowest BCUT2D eigenvalue weighted by Crippen LogP contribution is -2.26. The molecule has 0 spiro atoms. The van der Waals surface area contributed by atoms with Gasteiger partial charge < -0.3 is 9.63 Å². The van der Waals surface area contributed by atoms with Crippen LogP contribution in [0.3, 0.4) is 0 Å². The Balaban J connectivity index is 2.24. The van der Waals surface area contributed by atoms with E-state index in [-0.39, 0.29) is 29.6 Å². The lowest BCUT2D eigenvalue weighted by atomic mass is 10.0. The Morgan fingerprint density at radius 3 is 2.72 bits per heavy atom. The topological polar surface area (TPSA) is 98.2 Å². The molecule has 2 heterocycles. The lowest BCUT2D eigenvalue weighted by molar-refractivity contribution is -0.137. The first-order chi connectivity index (χ1) is 11.9. The SMILES string of the molecule is CCc1nc2onc(-c3ccc(C)cc3C)c2c(=O)n1CCC(=O)O. The molecule has 0 aliphatic carbocycles. The number of carboxylic acids is 1. The van der Waals surface area contributed by atoms with E-state index in [1.807, 2.05) is 39.0 Å². The second-order valence-electron chi connectivity index (χ2n) is 6.01. The molecule has 25 heavy (non-hydrogen) atoms. The molecule has 0 saturated carbocycles. The molecule has 0 bridgehead atoms. The fraction of sp³-hybridized carbons (Fsp3) is 0.333. The Hall–Kier alpha value is -2.96. The minimum atomic E-state index is -0.964. The number of nitrogens with zero attached hydrogens (tertiary/aromatic N) is 3. The van der Waals surface area contributed by atoms with Gasteiger partial charge in [0.05, 0.1) is 6.42 Å². The van der Waals surface area contributed by atoms with Crippen LogP contribution in [-0.2, 0) is 17.8 Å². The Bertz CT molecular complexity index is 1020. The van der Waals surface area contributed by atoms with E-state index in [9.17, 15) is 9.59 Å². The summed E-state index contributed by atoms with van der Waals surface area (Å²) in [6, 6.07) is 5.85. The number of fused-ring (bicyclic) bond motifs is 1. The maximum Gasteiger partial charge on any atom is 0.305 e. The number of carboxylic acid groups (broad SMARTS) is 1. The van der Waals surface area contributed by atoms with Gasteiger partial charge in [0.1, 0.15) is 16.9 Å². The van der Waals surface area contributed by atoms with Gasteiger partial charge in [-0.25, -0.2) is 0 Å². The molecule has 0 radical (unpaired) electrons. The van der Waals surface area contributed by atoms with Gasteiger partial charge >= 0.3 is 5.97 Å². The molecule has 1 aromatic carbocycles. The van der Waals surface area contributed by atoms with Gasteiger partial charge in [0.2, 0.25) is 0 Å². The van der Waals surface area contributed by atoms with E-state index in [2.05, 4.69) is 10.1 Å². The molecule has 0 atom stereocenters. The van der Waals surface area contributed by atoms with Gasteiger partial charge in [-0.2, -0.15) is 4.98 Å². The van der Waals surface area contributed by atoms with Gasteiger partial charge in [-0.05, 0) is 19.4 Å². The molecule has 2 aromatic heterocycles. The molecule has 7 heteroatoms. The van der Waals surface area contributed by atoms with Crippen LogP contribution >= 0.6 is 0 Å². The van der Waals surface area contributed by atoms with Crippen LogP contribution in [-0.4, -0.2) is 25.8 Å². The van der Waals surface area contributed by atoms with Crippen LogP contribution in [0.4, 0.5) is 0 Å². The quantitative estimate of drug-likeness (QED) is 0.766. The van der Waals surface area contributed by atoms with Crippen LogP contribution in [0, 0.1) is 13.8 Å². The van der Waals surface area contributed by atoms with E-state index in [0.717, 1.165) is 16.7 Å². The van der Waals surface area contributed by atoms with Crippen molar-refractivity contribution in [3.05, 3.63) is 45.5 Å². The molecule has 0 aliphatic rings.